The van der Waals surface area contributed by atoms with Crippen LogP contribution in [0.4, 0.5) is 0 Å². The second-order valence-electron chi connectivity index (χ2n) is 7.08. The molecule has 21 heavy (non-hydrogen) atoms. The number of nitrogens with one attached hydrogen (secondary N) is 1. The van der Waals surface area contributed by atoms with E-state index < -0.39 is 0 Å². The molecule has 1 N–H and O–H groups in total. The van der Waals surface area contributed by atoms with Crippen LogP contribution in [0.3, 0.4) is 0 Å². The first kappa shape index (κ1) is 11.9. The van der Waals surface area contributed by atoms with E-state index in [2.05, 4.69) is 15.3 Å². The van der Waals surface area contributed by atoms with Gasteiger partial charge in [-0.3, -0.25) is 9.59 Å². The molecule has 6 aliphatic rings. The summed E-state index contributed by atoms with van der Waals surface area (Å²) in [6.45, 7) is 0.979. The molecule has 6 saturated carbocycles. The van der Waals surface area contributed by atoms with Gasteiger partial charge in [0.15, 0.2) is 0 Å². The lowest BCUT2D eigenvalue weighted by molar-refractivity contribution is -0.626. The second-order valence-corrected chi connectivity index (χ2v) is 7.08. The zero-order valence-corrected chi connectivity index (χ0v) is 11.7. The lowest BCUT2D eigenvalue weighted by Gasteiger charge is -3.09. The quantitative estimate of drug-likeness (QED) is 0.256. The van der Waals surface area contributed by atoms with Gasteiger partial charge in [-0.2, -0.15) is 0 Å². The SMILES string of the molecule is COC(=O)C12C3C4C1C1C2C3C41C(=O)NCCCN=[N+]=[N-]. The minimum atomic E-state index is -0.168. The molecular formula is C14H16N4O3. The Bertz CT molecular complexity index is 585. The largest absolute Gasteiger partial charge is 0.469 e. The lowest BCUT2D eigenvalue weighted by atomic mass is 8.92. The minimum Gasteiger partial charge on any atom is -0.469 e. The molecule has 110 valence electrons. The number of esters is 1. The molecule has 7 heteroatoms. The molecule has 7 nitrogen and oxygen atoms in total. The average molecular weight is 288 g/mol. The zero-order chi connectivity index (χ0) is 14.6. The highest BCUT2D eigenvalue weighted by Gasteiger charge is 3.13. The first-order chi connectivity index (χ1) is 10.2. The molecule has 6 aliphatic carbocycles. The fourth-order valence-electron chi connectivity index (χ4n) is 7.12. The van der Waals surface area contributed by atoms with Crippen LogP contribution in [0.5, 0.6) is 0 Å². The number of methoxy groups -OCH3 is 1. The first-order valence-electron chi connectivity index (χ1n) is 7.57. The van der Waals surface area contributed by atoms with Crippen molar-refractivity contribution in [3.63, 3.8) is 0 Å². The zero-order valence-electron chi connectivity index (χ0n) is 11.7. The van der Waals surface area contributed by atoms with E-state index in [4.69, 9.17) is 10.3 Å². The predicted octanol–water partition coefficient (Wildman–Crippen LogP) is 0.714. The molecule has 6 fully saturated rings. The molecule has 0 atom stereocenters. The summed E-state index contributed by atoms with van der Waals surface area (Å²) in [5.41, 5.74) is 7.90. The van der Waals surface area contributed by atoms with Crippen molar-refractivity contribution < 1.29 is 14.3 Å². The summed E-state index contributed by atoms with van der Waals surface area (Å²) in [5.74, 6) is 2.74. The van der Waals surface area contributed by atoms with Gasteiger partial charge in [0.25, 0.3) is 0 Å². The smallest absolute Gasteiger partial charge is 0.312 e. The highest BCUT2D eigenvalue weighted by Crippen LogP contribution is 3.10. The minimum absolute atomic E-state index is 0.0330. The van der Waals surface area contributed by atoms with E-state index in [1.807, 2.05) is 0 Å². The molecule has 0 aromatic rings. The Morgan fingerprint density at radius 2 is 1.76 bits per heavy atom. The topological polar surface area (TPSA) is 104 Å². The van der Waals surface area contributed by atoms with Crippen molar-refractivity contribution in [3.8, 4) is 0 Å². The van der Waals surface area contributed by atoms with Gasteiger partial charge in [0, 0.05) is 18.0 Å². The molecular weight excluding hydrogens is 272 g/mol. The van der Waals surface area contributed by atoms with Crippen LogP contribution in [0, 0.1) is 46.3 Å². The summed E-state index contributed by atoms with van der Waals surface area (Å²) in [6.07, 6.45) is 0.675. The second kappa shape index (κ2) is 3.19. The van der Waals surface area contributed by atoms with Gasteiger partial charge in [0.05, 0.1) is 17.9 Å². The fraction of sp³-hybridized carbons (Fsp3) is 0.857. The van der Waals surface area contributed by atoms with Crippen LogP contribution in [-0.2, 0) is 14.3 Å². The predicted molar refractivity (Wildman–Crippen MR) is 69.5 cm³/mol. The highest BCUT2D eigenvalue weighted by atomic mass is 16.5. The van der Waals surface area contributed by atoms with E-state index in [9.17, 15) is 9.59 Å². The van der Waals surface area contributed by atoms with Crippen LogP contribution < -0.4 is 5.32 Å². The number of rotatable bonds is 6. The van der Waals surface area contributed by atoms with Crippen LogP contribution in [0.15, 0.2) is 5.11 Å². The summed E-state index contributed by atoms with van der Waals surface area (Å²) in [5, 5.41) is 6.45. The number of carbonyl (C=O) groups is 2. The third kappa shape index (κ3) is 0.767. The first-order valence-corrected chi connectivity index (χ1v) is 7.57. The van der Waals surface area contributed by atoms with Gasteiger partial charge in [0.2, 0.25) is 5.91 Å². The van der Waals surface area contributed by atoms with E-state index in [0.29, 0.717) is 55.0 Å². The van der Waals surface area contributed by atoms with Crippen molar-refractivity contribution in [2.45, 2.75) is 6.42 Å². The average Bonchev–Trinajstić information content (AvgIpc) is 2.53. The van der Waals surface area contributed by atoms with Crippen molar-refractivity contribution in [1.29, 1.82) is 0 Å². The molecule has 0 aromatic carbocycles. The van der Waals surface area contributed by atoms with Crippen molar-refractivity contribution >= 4 is 11.9 Å². The molecule has 0 bridgehead atoms. The van der Waals surface area contributed by atoms with Crippen molar-refractivity contribution in [2.24, 2.45) is 51.5 Å². The summed E-state index contributed by atoms with van der Waals surface area (Å²) in [4.78, 5) is 27.1. The maximum absolute atomic E-state index is 12.5. The maximum Gasteiger partial charge on any atom is 0.312 e. The van der Waals surface area contributed by atoms with E-state index in [-0.39, 0.29) is 22.7 Å². The van der Waals surface area contributed by atoms with E-state index >= 15 is 0 Å². The molecule has 0 unspecified atom stereocenters. The van der Waals surface area contributed by atoms with Gasteiger partial charge in [-0.15, -0.1) is 0 Å². The van der Waals surface area contributed by atoms with Crippen molar-refractivity contribution in [1.82, 2.24) is 5.32 Å². The summed E-state index contributed by atoms with van der Waals surface area (Å²) >= 11 is 0. The van der Waals surface area contributed by atoms with Gasteiger partial charge < -0.3 is 10.1 Å². The van der Waals surface area contributed by atoms with Gasteiger partial charge in [-0.1, -0.05) is 5.11 Å². The van der Waals surface area contributed by atoms with Crippen LogP contribution in [0.2, 0.25) is 0 Å². The number of azide groups is 1. The van der Waals surface area contributed by atoms with Gasteiger partial charge >= 0.3 is 5.97 Å². The lowest BCUT2D eigenvalue weighted by Crippen LogP contribution is -3.12. The van der Waals surface area contributed by atoms with E-state index in [0.717, 1.165) is 0 Å². The molecule has 6 rings (SSSR count). The number of ether oxygens (including phenoxy) is 1. The van der Waals surface area contributed by atoms with Crippen LogP contribution >= 0.6 is 0 Å². The van der Waals surface area contributed by atoms with E-state index in [1.165, 1.54) is 7.11 Å². The van der Waals surface area contributed by atoms with Gasteiger partial charge in [-0.05, 0) is 47.5 Å². The number of hydrogen-bond acceptors (Lipinski definition) is 4. The Balaban J connectivity index is 1.24. The van der Waals surface area contributed by atoms with E-state index in [1.54, 1.807) is 0 Å². The third-order valence-electron chi connectivity index (χ3n) is 7.35. The Kier molecular flexibility index (Phi) is 1.80. The number of hydrogen-bond donors (Lipinski definition) is 1. The van der Waals surface area contributed by atoms with Gasteiger partial charge in [-0.25, -0.2) is 0 Å². The Hall–Kier alpha value is -1.75. The molecule has 1 amide bonds. The van der Waals surface area contributed by atoms with Crippen molar-refractivity contribution in [2.75, 3.05) is 20.2 Å². The molecule has 0 heterocycles. The Morgan fingerprint density at radius 3 is 2.29 bits per heavy atom. The Labute approximate surface area is 121 Å². The Morgan fingerprint density at radius 1 is 1.19 bits per heavy atom. The molecule has 0 aliphatic heterocycles. The standard InChI is InChI=1S/C14H16N4O3/c1-21-12(20)14-8-5-9(14)7-10(14)6(8)13(5,7)11(19)16-3-2-4-17-18-15/h5-10H,2-4H2,1H3,(H,16,19). The highest BCUT2D eigenvalue weighted by molar-refractivity contribution is 5.98. The molecule has 0 radical (unpaired) electrons. The molecule has 0 aromatic heterocycles. The normalized spacial score (nSPS) is 54.3. The summed E-state index contributed by atoms with van der Waals surface area (Å²) in [7, 11) is 1.47. The summed E-state index contributed by atoms with van der Waals surface area (Å²) in [6, 6.07) is 0. The van der Waals surface area contributed by atoms with Crippen LogP contribution in [0.1, 0.15) is 6.42 Å². The molecule has 0 spiro atoms. The monoisotopic (exact) mass is 288 g/mol. The molecule has 0 saturated heterocycles. The third-order valence-corrected chi connectivity index (χ3v) is 7.35. The number of nitrogens with zero attached hydrogens (tertiary/aromatic N) is 3. The maximum atomic E-state index is 12.5. The van der Waals surface area contributed by atoms with Crippen LogP contribution in [-0.4, -0.2) is 32.1 Å². The van der Waals surface area contributed by atoms with Crippen molar-refractivity contribution in [3.05, 3.63) is 10.4 Å². The van der Waals surface area contributed by atoms with Gasteiger partial charge in [0.1, 0.15) is 0 Å². The fourth-order valence-corrected chi connectivity index (χ4v) is 7.12. The van der Waals surface area contributed by atoms with Crippen LogP contribution in [0.25, 0.3) is 10.4 Å². The number of carbonyl (C=O) groups excluding carboxylic acids is 2. The summed E-state index contributed by atoms with van der Waals surface area (Å²) < 4.78 is 4.98. The number of amides is 1.